The number of ether oxygens (including phenoxy) is 2. The molecule has 2 N–H and O–H groups in total. The Hall–Kier alpha value is -1.50. The van der Waals surface area contributed by atoms with E-state index in [4.69, 9.17) is 9.47 Å². The summed E-state index contributed by atoms with van der Waals surface area (Å²) in [4.78, 5) is 18.5. The zero-order chi connectivity index (χ0) is 20.9. The molecule has 0 aliphatic rings. The van der Waals surface area contributed by atoms with E-state index >= 15 is 0 Å². The summed E-state index contributed by atoms with van der Waals surface area (Å²) in [6.07, 6.45) is 2.54. The summed E-state index contributed by atoms with van der Waals surface area (Å²) in [5, 5.41) is 6.37. The van der Waals surface area contributed by atoms with Gasteiger partial charge in [0.2, 0.25) is 0 Å². The minimum absolute atomic E-state index is 0.0478. The number of amides is 1. The fourth-order valence-corrected chi connectivity index (χ4v) is 2.53. The number of hydrogen-bond acceptors (Lipinski definition) is 4. The Bertz CT molecular complexity index is 433. The monoisotopic (exact) mass is 386 g/mol. The van der Waals surface area contributed by atoms with Gasteiger partial charge in [0.25, 0.3) is 0 Å². The van der Waals surface area contributed by atoms with Gasteiger partial charge in [-0.15, -0.1) is 0 Å². The average Bonchev–Trinajstić information content (AvgIpc) is 2.55. The molecule has 0 aromatic carbocycles. The number of carbonyl (C=O) groups excluding carboxylic acids is 1. The number of hydrogen-bond donors (Lipinski definition) is 2. The molecule has 0 saturated heterocycles. The summed E-state index contributed by atoms with van der Waals surface area (Å²) in [7, 11) is 3.80. The zero-order valence-electron chi connectivity index (χ0n) is 18.7. The van der Waals surface area contributed by atoms with E-state index in [-0.39, 0.29) is 12.1 Å². The van der Waals surface area contributed by atoms with Gasteiger partial charge in [0.15, 0.2) is 5.96 Å². The summed E-state index contributed by atoms with van der Waals surface area (Å²) in [6, 6.07) is 0.0478. The van der Waals surface area contributed by atoms with Gasteiger partial charge >= 0.3 is 6.09 Å². The van der Waals surface area contributed by atoms with Crippen molar-refractivity contribution in [1.82, 2.24) is 15.5 Å². The maximum atomic E-state index is 12.1. The molecule has 0 aliphatic carbocycles. The number of rotatable bonds is 11. The van der Waals surface area contributed by atoms with E-state index in [1.807, 2.05) is 34.7 Å². The van der Waals surface area contributed by atoms with Gasteiger partial charge in [0, 0.05) is 46.4 Å². The molecule has 0 radical (unpaired) electrons. The quantitative estimate of drug-likeness (QED) is 0.324. The van der Waals surface area contributed by atoms with E-state index < -0.39 is 5.60 Å². The Morgan fingerprint density at radius 2 is 1.89 bits per heavy atom. The SMILES string of the molecule is CCOCCCCNC(=NC)N(C)CCC(NC(=O)OC(C)(C)C)C(C)C. The molecule has 0 aliphatic heterocycles. The highest BCUT2D eigenvalue weighted by molar-refractivity contribution is 5.79. The first-order valence-electron chi connectivity index (χ1n) is 10.1. The molecule has 0 saturated carbocycles. The first kappa shape index (κ1) is 25.5. The Balaban J connectivity index is 4.36. The zero-order valence-corrected chi connectivity index (χ0v) is 18.7. The molecule has 7 nitrogen and oxygen atoms in total. The number of nitrogens with one attached hydrogen (secondary N) is 2. The standard InChI is InChI=1S/C20H42N4O3/c1-9-26-15-11-10-13-22-18(21-7)24(8)14-12-17(16(2)3)23-19(25)27-20(4,5)6/h16-17H,9-15H2,1-8H3,(H,21,22)(H,23,25). The number of unbranched alkanes of at least 4 members (excludes halogenated alkanes) is 1. The predicted octanol–water partition coefficient (Wildman–Crippen LogP) is 3.25. The summed E-state index contributed by atoms with van der Waals surface area (Å²) in [5.74, 6) is 1.19. The van der Waals surface area contributed by atoms with Crippen LogP contribution in [-0.4, -0.2) is 69.0 Å². The number of alkyl carbamates (subject to hydrolysis) is 1. The van der Waals surface area contributed by atoms with E-state index in [1.165, 1.54) is 0 Å². The molecule has 160 valence electrons. The van der Waals surface area contributed by atoms with Crippen LogP contribution in [0.15, 0.2) is 4.99 Å². The number of nitrogens with zero attached hydrogens (tertiary/aromatic N) is 2. The molecule has 1 unspecified atom stereocenters. The first-order valence-corrected chi connectivity index (χ1v) is 10.1. The lowest BCUT2D eigenvalue weighted by Gasteiger charge is -2.28. The van der Waals surface area contributed by atoms with Crippen LogP contribution < -0.4 is 10.6 Å². The van der Waals surface area contributed by atoms with Crippen molar-refractivity contribution in [3.8, 4) is 0 Å². The van der Waals surface area contributed by atoms with Crippen LogP contribution in [0, 0.1) is 5.92 Å². The number of guanidine groups is 1. The van der Waals surface area contributed by atoms with Gasteiger partial charge in [0.1, 0.15) is 5.60 Å². The van der Waals surface area contributed by atoms with Gasteiger partial charge in [-0.1, -0.05) is 13.8 Å². The molecule has 0 aromatic heterocycles. The Morgan fingerprint density at radius 3 is 2.41 bits per heavy atom. The molecule has 0 spiro atoms. The first-order chi connectivity index (χ1) is 12.6. The molecular formula is C20H42N4O3. The second kappa shape index (κ2) is 13.6. The lowest BCUT2D eigenvalue weighted by Crippen LogP contribution is -2.45. The topological polar surface area (TPSA) is 75.2 Å². The second-order valence-electron chi connectivity index (χ2n) is 8.08. The molecule has 0 heterocycles. The van der Waals surface area contributed by atoms with Crippen LogP contribution in [-0.2, 0) is 9.47 Å². The third-order valence-corrected chi connectivity index (χ3v) is 4.06. The van der Waals surface area contributed by atoms with Crippen LogP contribution in [0.2, 0.25) is 0 Å². The summed E-state index contributed by atoms with van der Waals surface area (Å²) < 4.78 is 10.7. The van der Waals surface area contributed by atoms with Gasteiger partial charge in [-0.05, 0) is 52.9 Å². The van der Waals surface area contributed by atoms with Crippen LogP contribution in [0.25, 0.3) is 0 Å². The normalized spacial score (nSPS) is 13.4. The van der Waals surface area contributed by atoms with Crippen molar-refractivity contribution >= 4 is 12.1 Å². The van der Waals surface area contributed by atoms with Crippen molar-refractivity contribution < 1.29 is 14.3 Å². The van der Waals surface area contributed by atoms with Crippen molar-refractivity contribution in [3.05, 3.63) is 0 Å². The van der Waals surface area contributed by atoms with Crippen LogP contribution in [0.5, 0.6) is 0 Å². The van der Waals surface area contributed by atoms with Gasteiger partial charge < -0.3 is 25.0 Å². The van der Waals surface area contributed by atoms with E-state index in [1.54, 1.807) is 7.05 Å². The molecule has 27 heavy (non-hydrogen) atoms. The largest absolute Gasteiger partial charge is 0.444 e. The van der Waals surface area contributed by atoms with Crippen molar-refractivity contribution in [2.75, 3.05) is 40.4 Å². The lowest BCUT2D eigenvalue weighted by molar-refractivity contribution is 0.0486. The summed E-state index contributed by atoms with van der Waals surface area (Å²) in [6.45, 7) is 15.1. The molecule has 0 bridgehead atoms. The van der Waals surface area contributed by atoms with E-state index in [0.717, 1.165) is 51.5 Å². The highest BCUT2D eigenvalue weighted by Crippen LogP contribution is 2.11. The van der Waals surface area contributed by atoms with Crippen LogP contribution in [0.3, 0.4) is 0 Å². The van der Waals surface area contributed by atoms with Crippen molar-refractivity contribution in [1.29, 1.82) is 0 Å². The second-order valence-corrected chi connectivity index (χ2v) is 8.08. The molecule has 0 rings (SSSR count). The van der Waals surface area contributed by atoms with Gasteiger partial charge in [-0.3, -0.25) is 4.99 Å². The van der Waals surface area contributed by atoms with E-state index in [9.17, 15) is 4.79 Å². The fraction of sp³-hybridized carbons (Fsp3) is 0.900. The van der Waals surface area contributed by atoms with Crippen LogP contribution in [0.1, 0.15) is 60.8 Å². The average molecular weight is 387 g/mol. The Kier molecular flexibility index (Phi) is 12.9. The minimum atomic E-state index is -0.490. The molecular weight excluding hydrogens is 344 g/mol. The smallest absolute Gasteiger partial charge is 0.407 e. The Morgan fingerprint density at radius 1 is 1.22 bits per heavy atom. The van der Waals surface area contributed by atoms with Crippen molar-refractivity contribution in [2.24, 2.45) is 10.9 Å². The third-order valence-electron chi connectivity index (χ3n) is 4.06. The molecule has 0 aromatic rings. The minimum Gasteiger partial charge on any atom is -0.444 e. The van der Waals surface area contributed by atoms with Crippen molar-refractivity contribution in [3.63, 3.8) is 0 Å². The van der Waals surface area contributed by atoms with Gasteiger partial charge in [0.05, 0.1) is 0 Å². The molecule has 7 heteroatoms. The number of aliphatic imine (C=N–C) groups is 1. The molecule has 1 amide bonds. The maximum absolute atomic E-state index is 12.1. The molecule has 0 fully saturated rings. The predicted molar refractivity (Wildman–Crippen MR) is 112 cm³/mol. The molecule has 1 atom stereocenters. The van der Waals surface area contributed by atoms with Crippen molar-refractivity contribution in [2.45, 2.75) is 72.4 Å². The van der Waals surface area contributed by atoms with E-state index in [0.29, 0.717) is 5.92 Å². The van der Waals surface area contributed by atoms with E-state index in [2.05, 4.69) is 34.4 Å². The maximum Gasteiger partial charge on any atom is 0.407 e. The number of carbonyl (C=O) groups is 1. The highest BCUT2D eigenvalue weighted by atomic mass is 16.6. The highest BCUT2D eigenvalue weighted by Gasteiger charge is 2.22. The fourth-order valence-electron chi connectivity index (χ4n) is 2.53. The van der Waals surface area contributed by atoms with Crippen LogP contribution >= 0.6 is 0 Å². The summed E-state index contributed by atoms with van der Waals surface area (Å²) in [5.41, 5.74) is -0.490. The third kappa shape index (κ3) is 13.3. The van der Waals surface area contributed by atoms with Crippen LogP contribution in [0.4, 0.5) is 4.79 Å². The lowest BCUT2D eigenvalue weighted by atomic mass is 10.0. The Labute approximate surface area is 166 Å². The summed E-state index contributed by atoms with van der Waals surface area (Å²) >= 11 is 0. The van der Waals surface area contributed by atoms with Gasteiger partial charge in [-0.25, -0.2) is 4.79 Å². The van der Waals surface area contributed by atoms with Gasteiger partial charge in [-0.2, -0.15) is 0 Å².